The molecule has 1 saturated carbocycles. The summed E-state index contributed by atoms with van der Waals surface area (Å²) in [4.78, 5) is 17.2. The quantitative estimate of drug-likeness (QED) is 0.218. The molecule has 1 fully saturated rings. The number of aromatic nitrogens is 4. The monoisotopic (exact) mass is 501 g/mol. The predicted molar refractivity (Wildman–Crippen MR) is 143 cm³/mol. The number of allylic oxidation sites excluding steroid dienone is 1. The normalized spacial score (nSPS) is 16.7. The average molecular weight is 502 g/mol. The van der Waals surface area contributed by atoms with Crippen molar-refractivity contribution in [3.8, 4) is 11.3 Å². The zero-order chi connectivity index (χ0) is 24.4. The maximum atomic E-state index is 12.6. The van der Waals surface area contributed by atoms with Gasteiger partial charge in [0.25, 0.3) is 0 Å². The Bertz CT molecular complexity index is 1360. The third kappa shape index (κ3) is 5.23. The first-order valence-electron chi connectivity index (χ1n) is 11.6. The summed E-state index contributed by atoms with van der Waals surface area (Å²) >= 11 is 2.82. The summed E-state index contributed by atoms with van der Waals surface area (Å²) in [5, 5.41) is 15.1. The van der Waals surface area contributed by atoms with E-state index in [4.69, 9.17) is 0 Å². The van der Waals surface area contributed by atoms with Gasteiger partial charge < -0.3 is 9.88 Å². The zero-order valence-electron chi connectivity index (χ0n) is 19.8. The Kier molecular flexibility index (Phi) is 6.83. The van der Waals surface area contributed by atoms with E-state index in [1.54, 1.807) is 0 Å². The highest BCUT2D eigenvalue weighted by molar-refractivity contribution is 7.99. The lowest BCUT2D eigenvalue weighted by Crippen LogP contribution is -2.14. The van der Waals surface area contributed by atoms with Crippen LogP contribution in [0.1, 0.15) is 40.8 Å². The molecular weight excluding hydrogens is 474 g/mol. The smallest absolute Gasteiger partial charge is 0.236 e. The van der Waals surface area contributed by atoms with Gasteiger partial charge in [0.05, 0.1) is 11.4 Å². The zero-order valence-corrected chi connectivity index (χ0v) is 21.4. The first-order valence-corrected chi connectivity index (χ1v) is 13.4. The highest BCUT2D eigenvalue weighted by Crippen LogP contribution is 2.54. The summed E-state index contributed by atoms with van der Waals surface area (Å²) in [5.41, 5.74) is 5.73. The number of thiazole rings is 1. The van der Waals surface area contributed by atoms with Crippen LogP contribution in [0.25, 0.3) is 11.3 Å². The summed E-state index contributed by atoms with van der Waals surface area (Å²) in [6.07, 6.45) is 2.91. The number of rotatable bonds is 9. The van der Waals surface area contributed by atoms with Crippen LogP contribution >= 0.6 is 23.1 Å². The van der Waals surface area contributed by atoms with Gasteiger partial charge in [-0.1, -0.05) is 60.3 Å². The summed E-state index contributed by atoms with van der Waals surface area (Å²) < 4.78 is 2.08. The number of aryl methyl sites for hydroxylation is 2. The Hall–Kier alpha value is -3.23. The van der Waals surface area contributed by atoms with E-state index < -0.39 is 0 Å². The fourth-order valence-corrected chi connectivity index (χ4v) is 5.67. The maximum Gasteiger partial charge on any atom is 0.236 e. The maximum absolute atomic E-state index is 12.6. The average Bonchev–Trinajstić information content (AvgIpc) is 3.35. The van der Waals surface area contributed by atoms with E-state index in [1.807, 2.05) is 17.5 Å². The van der Waals surface area contributed by atoms with Crippen LogP contribution in [0.15, 0.2) is 71.7 Å². The van der Waals surface area contributed by atoms with Crippen molar-refractivity contribution in [3.63, 3.8) is 0 Å². The Morgan fingerprint density at radius 3 is 2.77 bits per heavy atom. The predicted octanol–water partition coefficient (Wildman–Crippen LogP) is 6.21. The molecule has 35 heavy (non-hydrogen) atoms. The summed E-state index contributed by atoms with van der Waals surface area (Å²) in [5.74, 6) is 1.92. The van der Waals surface area contributed by atoms with Crippen molar-refractivity contribution in [2.24, 2.45) is 0 Å². The lowest BCUT2D eigenvalue weighted by molar-refractivity contribution is -0.113. The fourth-order valence-electron chi connectivity index (χ4n) is 4.18. The van der Waals surface area contributed by atoms with Gasteiger partial charge in [0.1, 0.15) is 5.82 Å². The van der Waals surface area contributed by atoms with Crippen LogP contribution in [0, 0.1) is 13.8 Å². The number of benzene rings is 2. The lowest BCUT2D eigenvalue weighted by Gasteiger charge is -2.07. The van der Waals surface area contributed by atoms with E-state index in [9.17, 15) is 4.79 Å². The fraction of sp³-hybridized carbons (Fsp3) is 0.259. The standard InChI is InChI=1S/C27H27N5OS2/c1-4-12-32-25(22-14-21(22)19-8-6-5-7-9-19)30-31-27(32)35-16-24(33)29-26-28-23(15-34-26)20-11-10-17(2)18(3)13-20/h4-11,13,15,21-22H,1,12,14,16H2,2-3H3,(H,28,29,33). The van der Waals surface area contributed by atoms with E-state index in [0.717, 1.165) is 28.7 Å². The molecule has 5 rings (SSSR count). The molecule has 2 unspecified atom stereocenters. The van der Waals surface area contributed by atoms with Gasteiger partial charge in [-0.2, -0.15) is 0 Å². The number of nitrogens with one attached hydrogen (secondary N) is 1. The van der Waals surface area contributed by atoms with E-state index in [0.29, 0.717) is 23.5 Å². The van der Waals surface area contributed by atoms with E-state index in [2.05, 4.69) is 88.0 Å². The second-order valence-electron chi connectivity index (χ2n) is 8.77. The number of hydrogen-bond acceptors (Lipinski definition) is 6. The van der Waals surface area contributed by atoms with E-state index in [-0.39, 0.29) is 11.7 Å². The molecule has 2 aromatic heterocycles. The van der Waals surface area contributed by atoms with Crippen molar-refractivity contribution in [1.82, 2.24) is 19.7 Å². The van der Waals surface area contributed by atoms with Gasteiger partial charge in [0.2, 0.25) is 5.91 Å². The third-order valence-corrected chi connectivity index (χ3v) is 8.02. The number of carbonyl (C=O) groups excluding carboxylic acids is 1. The van der Waals surface area contributed by atoms with Gasteiger partial charge in [-0.3, -0.25) is 4.79 Å². The molecule has 0 aliphatic heterocycles. The molecule has 0 bridgehead atoms. The van der Waals surface area contributed by atoms with Gasteiger partial charge in [-0.25, -0.2) is 4.98 Å². The molecule has 1 amide bonds. The van der Waals surface area contributed by atoms with Crippen molar-refractivity contribution in [1.29, 1.82) is 0 Å². The molecule has 0 radical (unpaired) electrons. The molecule has 1 aliphatic rings. The number of nitrogens with zero attached hydrogens (tertiary/aromatic N) is 4. The van der Waals surface area contributed by atoms with Crippen LogP contribution < -0.4 is 5.32 Å². The molecule has 1 N–H and O–H groups in total. The number of anilines is 1. The van der Waals surface area contributed by atoms with Crippen molar-refractivity contribution in [2.75, 3.05) is 11.1 Å². The number of hydrogen-bond donors (Lipinski definition) is 1. The molecule has 4 aromatic rings. The third-order valence-electron chi connectivity index (χ3n) is 6.29. The molecule has 1 aliphatic carbocycles. The van der Waals surface area contributed by atoms with Crippen LogP contribution in [-0.4, -0.2) is 31.4 Å². The number of carbonyl (C=O) groups is 1. The molecule has 2 atom stereocenters. The van der Waals surface area contributed by atoms with Crippen molar-refractivity contribution in [2.45, 2.75) is 43.8 Å². The Balaban J connectivity index is 1.21. The second-order valence-corrected chi connectivity index (χ2v) is 10.6. The topological polar surface area (TPSA) is 72.7 Å². The van der Waals surface area contributed by atoms with Gasteiger partial charge in [0.15, 0.2) is 10.3 Å². The highest BCUT2D eigenvalue weighted by Gasteiger charge is 2.43. The highest BCUT2D eigenvalue weighted by atomic mass is 32.2. The first-order chi connectivity index (χ1) is 17.0. The van der Waals surface area contributed by atoms with Crippen molar-refractivity contribution >= 4 is 34.1 Å². The minimum absolute atomic E-state index is 0.112. The molecule has 178 valence electrons. The van der Waals surface area contributed by atoms with Crippen LogP contribution in [0.2, 0.25) is 0 Å². The molecular formula is C27H27N5OS2. The van der Waals surface area contributed by atoms with E-state index in [1.165, 1.54) is 39.8 Å². The first kappa shape index (κ1) is 23.5. The minimum atomic E-state index is -0.112. The van der Waals surface area contributed by atoms with Crippen molar-refractivity contribution in [3.05, 3.63) is 89.1 Å². The SMILES string of the molecule is C=CCn1c(SCC(=O)Nc2nc(-c3ccc(C)c(C)c3)cs2)nnc1C1CC1c1ccccc1. The summed E-state index contributed by atoms with van der Waals surface area (Å²) in [7, 11) is 0. The molecule has 2 heterocycles. The van der Waals surface area contributed by atoms with Crippen LogP contribution in [0.5, 0.6) is 0 Å². The van der Waals surface area contributed by atoms with Crippen LogP contribution in [-0.2, 0) is 11.3 Å². The Morgan fingerprint density at radius 1 is 1.17 bits per heavy atom. The van der Waals surface area contributed by atoms with E-state index >= 15 is 0 Å². The molecule has 8 heteroatoms. The van der Waals surface area contributed by atoms with Crippen LogP contribution in [0.3, 0.4) is 0 Å². The van der Waals surface area contributed by atoms with Crippen molar-refractivity contribution < 1.29 is 4.79 Å². The Labute approximate surface area is 213 Å². The Morgan fingerprint density at radius 2 is 2.00 bits per heavy atom. The second kappa shape index (κ2) is 10.2. The molecule has 6 nitrogen and oxygen atoms in total. The van der Waals surface area contributed by atoms with Gasteiger partial charge in [0, 0.05) is 23.4 Å². The molecule has 2 aromatic carbocycles. The summed E-state index contributed by atoms with van der Waals surface area (Å²) in [6.45, 7) is 8.69. The summed E-state index contributed by atoms with van der Waals surface area (Å²) in [6, 6.07) is 16.8. The number of thioether (sulfide) groups is 1. The molecule has 0 saturated heterocycles. The number of amides is 1. The molecule has 0 spiro atoms. The minimum Gasteiger partial charge on any atom is -0.302 e. The van der Waals surface area contributed by atoms with Gasteiger partial charge in [-0.05, 0) is 48.9 Å². The largest absolute Gasteiger partial charge is 0.302 e. The van der Waals surface area contributed by atoms with Gasteiger partial charge >= 0.3 is 0 Å². The van der Waals surface area contributed by atoms with Crippen LogP contribution in [0.4, 0.5) is 5.13 Å². The lowest BCUT2D eigenvalue weighted by atomic mass is 10.1. The van der Waals surface area contributed by atoms with Gasteiger partial charge in [-0.15, -0.1) is 28.1 Å².